The molecule has 0 radical (unpaired) electrons. The average molecular weight is 252 g/mol. The van der Waals surface area contributed by atoms with Crippen LogP contribution in [0, 0.1) is 23.7 Å². The molecule has 0 saturated heterocycles. The highest BCUT2D eigenvalue weighted by Gasteiger charge is 2.33. The number of halogens is 3. The second-order valence-electron chi connectivity index (χ2n) is 3.82. The first-order chi connectivity index (χ1) is 8.38. The molecular weight excluding hydrogens is 241 g/mol. The third-order valence-electron chi connectivity index (χ3n) is 2.28. The first kappa shape index (κ1) is 13.9. The number of nitriles is 1. The molecule has 0 fully saturated rings. The van der Waals surface area contributed by atoms with Gasteiger partial charge in [0.15, 0.2) is 0 Å². The summed E-state index contributed by atoms with van der Waals surface area (Å²) in [6, 6.07) is 4.89. The van der Waals surface area contributed by atoms with E-state index in [1.54, 1.807) is 6.92 Å². The molecule has 0 spiro atoms. The van der Waals surface area contributed by atoms with Gasteiger partial charge in [0.25, 0.3) is 0 Å². The lowest BCUT2D eigenvalue weighted by atomic mass is 10.1. The van der Waals surface area contributed by atoms with Crippen LogP contribution < -0.4 is 5.32 Å². The number of nitrogens with one attached hydrogen (secondary N) is 1. The molecule has 1 N–H and O–H groups in total. The van der Waals surface area contributed by atoms with Gasteiger partial charge in [-0.2, -0.15) is 18.4 Å². The van der Waals surface area contributed by atoms with Gasteiger partial charge in [-0.15, -0.1) is 12.3 Å². The summed E-state index contributed by atoms with van der Waals surface area (Å²) in [7, 11) is 0. The first-order valence-electron chi connectivity index (χ1n) is 5.20. The van der Waals surface area contributed by atoms with Crippen molar-refractivity contribution in [1.82, 2.24) is 0 Å². The molecule has 1 aromatic carbocycles. The van der Waals surface area contributed by atoms with E-state index in [0.717, 1.165) is 12.1 Å². The van der Waals surface area contributed by atoms with Crippen molar-refractivity contribution in [3.05, 3.63) is 29.3 Å². The minimum absolute atomic E-state index is 0.135. The van der Waals surface area contributed by atoms with Gasteiger partial charge in [-0.05, 0) is 25.1 Å². The molecule has 0 aliphatic carbocycles. The van der Waals surface area contributed by atoms with E-state index in [1.807, 2.05) is 0 Å². The lowest BCUT2D eigenvalue weighted by molar-refractivity contribution is -0.137. The fourth-order valence-corrected chi connectivity index (χ4v) is 1.48. The highest BCUT2D eigenvalue weighted by Crippen LogP contribution is 2.33. The minimum atomic E-state index is -4.54. The smallest absolute Gasteiger partial charge is 0.382 e. The number of anilines is 1. The summed E-state index contributed by atoms with van der Waals surface area (Å²) in [5, 5.41) is 11.5. The summed E-state index contributed by atoms with van der Waals surface area (Å²) in [5.74, 6) is 2.42. The average Bonchev–Trinajstić information content (AvgIpc) is 2.28. The number of hydrogen-bond acceptors (Lipinski definition) is 2. The zero-order valence-electron chi connectivity index (χ0n) is 9.67. The Morgan fingerprint density at radius 2 is 2.11 bits per heavy atom. The Labute approximate surface area is 103 Å². The summed E-state index contributed by atoms with van der Waals surface area (Å²) in [4.78, 5) is 0. The first-order valence-corrected chi connectivity index (χ1v) is 5.20. The maximum atomic E-state index is 12.7. The second-order valence-corrected chi connectivity index (χ2v) is 3.82. The van der Waals surface area contributed by atoms with E-state index in [0.29, 0.717) is 12.1 Å². The molecular formula is C13H11F3N2. The number of rotatable bonds is 3. The molecule has 0 heterocycles. The van der Waals surface area contributed by atoms with Gasteiger partial charge in [0.1, 0.15) is 0 Å². The van der Waals surface area contributed by atoms with Crippen LogP contribution >= 0.6 is 0 Å². The van der Waals surface area contributed by atoms with Crippen molar-refractivity contribution in [1.29, 1.82) is 5.26 Å². The third-order valence-corrected chi connectivity index (χ3v) is 2.28. The van der Waals surface area contributed by atoms with Crippen molar-refractivity contribution in [3.8, 4) is 18.4 Å². The van der Waals surface area contributed by atoms with Crippen molar-refractivity contribution in [2.75, 3.05) is 5.32 Å². The quantitative estimate of drug-likeness (QED) is 0.837. The Bertz CT molecular complexity index is 506. The van der Waals surface area contributed by atoms with E-state index in [1.165, 1.54) is 12.1 Å². The topological polar surface area (TPSA) is 35.8 Å². The van der Waals surface area contributed by atoms with E-state index in [9.17, 15) is 13.2 Å². The SMILES string of the molecule is C#CCC(C)Nc1ccc(C#N)c(C(F)(F)F)c1. The van der Waals surface area contributed by atoms with Crippen LogP contribution in [0.1, 0.15) is 24.5 Å². The zero-order valence-corrected chi connectivity index (χ0v) is 9.67. The summed E-state index contributed by atoms with van der Waals surface area (Å²) in [6.45, 7) is 1.77. The Hall–Kier alpha value is -2.14. The standard InChI is InChI=1S/C13H11F3N2/c1-3-4-9(2)18-11-6-5-10(8-17)12(7-11)13(14,15)16/h1,5-7,9,18H,4H2,2H3. The zero-order chi connectivity index (χ0) is 13.8. The molecule has 0 bridgehead atoms. The van der Waals surface area contributed by atoms with E-state index < -0.39 is 17.3 Å². The van der Waals surface area contributed by atoms with Gasteiger partial charge in [0.2, 0.25) is 0 Å². The maximum absolute atomic E-state index is 12.7. The molecule has 0 amide bonds. The molecule has 0 saturated carbocycles. The Kier molecular flexibility index (Phi) is 4.23. The van der Waals surface area contributed by atoms with Crippen LogP contribution in [0.3, 0.4) is 0 Å². The number of terminal acetylenes is 1. The fraction of sp³-hybridized carbons (Fsp3) is 0.308. The van der Waals surface area contributed by atoms with Crippen molar-refractivity contribution < 1.29 is 13.2 Å². The van der Waals surface area contributed by atoms with Gasteiger partial charge in [-0.25, -0.2) is 0 Å². The van der Waals surface area contributed by atoms with Gasteiger partial charge >= 0.3 is 6.18 Å². The highest BCUT2D eigenvalue weighted by atomic mass is 19.4. The third kappa shape index (κ3) is 3.43. The maximum Gasteiger partial charge on any atom is 0.417 e. The summed E-state index contributed by atoms with van der Waals surface area (Å²) < 4.78 is 38.1. The van der Waals surface area contributed by atoms with Crippen LogP contribution in [0.4, 0.5) is 18.9 Å². The lowest BCUT2D eigenvalue weighted by Crippen LogP contribution is -2.15. The molecule has 1 rings (SSSR count). The van der Waals surface area contributed by atoms with Crippen LogP contribution in [0.25, 0.3) is 0 Å². The Balaban J connectivity index is 3.06. The van der Waals surface area contributed by atoms with Crippen molar-refractivity contribution in [2.24, 2.45) is 0 Å². The largest absolute Gasteiger partial charge is 0.417 e. The van der Waals surface area contributed by atoms with E-state index in [-0.39, 0.29) is 6.04 Å². The van der Waals surface area contributed by atoms with Crippen LogP contribution in [-0.4, -0.2) is 6.04 Å². The molecule has 1 unspecified atom stereocenters. The van der Waals surface area contributed by atoms with Crippen LogP contribution in [-0.2, 0) is 6.18 Å². The van der Waals surface area contributed by atoms with Gasteiger partial charge in [-0.3, -0.25) is 0 Å². The van der Waals surface area contributed by atoms with Crippen LogP contribution in [0.2, 0.25) is 0 Å². The number of benzene rings is 1. The molecule has 94 valence electrons. The number of nitrogens with zero attached hydrogens (tertiary/aromatic N) is 1. The number of hydrogen-bond donors (Lipinski definition) is 1. The predicted octanol–water partition coefficient (Wildman–Crippen LogP) is 3.40. The molecule has 1 atom stereocenters. The highest BCUT2D eigenvalue weighted by molar-refractivity contribution is 5.53. The van der Waals surface area contributed by atoms with Gasteiger partial charge < -0.3 is 5.32 Å². The predicted molar refractivity (Wildman–Crippen MR) is 62.7 cm³/mol. The molecule has 5 heteroatoms. The molecule has 18 heavy (non-hydrogen) atoms. The van der Waals surface area contributed by atoms with Crippen molar-refractivity contribution in [2.45, 2.75) is 25.6 Å². The Morgan fingerprint density at radius 1 is 1.44 bits per heavy atom. The normalized spacial score (nSPS) is 12.3. The molecule has 0 aliphatic rings. The monoisotopic (exact) mass is 252 g/mol. The summed E-state index contributed by atoms with van der Waals surface area (Å²) in [5.41, 5.74) is -1.04. The molecule has 0 aliphatic heterocycles. The van der Waals surface area contributed by atoms with Gasteiger partial charge in [0, 0.05) is 18.2 Å². The molecule has 2 nitrogen and oxygen atoms in total. The molecule has 1 aromatic rings. The van der Waals surface area contributed by atoms with Crippen molar-refractivity contribution in [3.63, 3.8) is 0 Å². The van der Waals surface area contributed by atoms with Gasteiger partial charge in [0.05, 0.1) is 17.2 Å². The van der Waals surface area contributed by atoms with Crippen LogP contribution in [0.15, 0.2) is 18.2 Å². The van der Waals surface area contributed by atoms with Crippen molar-refractivity contribution >= 4 is 5.69 Å². The fourth-order valence-electron chi connectivity index (χ4n) is 1.48. The van der Waals surface area contributed by atoms with E-state index in [2.05, 4.69) is 11.2 Å². The van der Waals surface area contributed by atoms with Crippen LogP contribution in [0.5, 0.6) is 0 Å². The second kappa shape index (κ2) is 5.46. The van der Waals surface area contributed by atoms with E-state index in [4.69, 9.17) is 11.7 Å². The minimum Gasteiger partial charge on any atom is -0.382 e. The summed E-state index contributed by atoms with van der Waals surface area (Å²) >= 11 is 0. The molecule has 0 aromatic heterocycles. The van der Waals surface area contributed by atoms with Gasteiger partial charge in [-0.1, -0.05) is 0 Å². The van der Waals surface area contributed by atoms with E-state index >= 15 is 0 Å². The lowest BCUT2D eigenvalue weighted by Gasteiger charge is -2.15. The summed E-state index contributed by atoms with van der Waals surface area (Å²) in [6.07, 6.45) is 0.975. The number of alkyl halides is 3. The Morgan fingerprint density at radius 3 is 2.61 bits per heavy atom.